The number of hydrogen-bond acceptors (Lipinski definition) is 4. The van der Waals surface area contributed by atoms with E-state index in [1.165, 1.54) is 32.3 Å². The number of benzene rings is 4. The molecule has 0 N–H and O–H groups in total. The Morgan fingerprint density at radius 1 is 0.310 bits per heavy atom. The van der Waals surface area contributed by atoms with Crippen molar-refractivity contribution in [1.82, 2.24) is 19.9 Å². The molecule has 4 heterocycles. The summed E-state index contributed by atoms with van der Waals surface area (Å²) >= 11 is 0. The van der Waals surface area contributed by atoms with Crippen LogP contribution in [0, 0.1) is 0 Å². The van der Waals surface area contributed by atoms with Crippen LogP contribution in [0.2, 0.25) is 0 Å². The zero-order valence-corrected chi connectivity index (χ0v) is 22.6. The minimum Gasteiger partial charge on any atom is -0.264 e. The number of rotatable bonds is 4. The van der Waals surface area contributed by atoms with Gasteiger partial charge in [-0.25, -0.2) is 9.97 Å². The monoisotopic (exact) mass is 536 g/mol. The van der Waals surface area contributed by atoms with Crippen molar-refractivity contribution in [2.45, 2.75) is 0 Å². The quantitative estimate of drug-likeness (QED) is 0.210. The van der Waals surface area contributed by atoms with Gasteiger partial charge in [-0.3, -0.25) is 9.97 Å². The molecule has 0 aliphatic carbocycles. The zero-order chi connectivity index (χ0) is 27.9. The molecule has 0 aliphatic rings. The maximum atomic E-state index is 5.01. The molecule has 0 bridgehead atoms. The molecule has 8 aromatic rings. The van der Waals surface area contributed by atoms with Crippen LogP contribution in [-0.2, 0) is 0 Å². The maximum absolute atomic E-state index is 5.01. The van der Waals surface area contributed by atoms with E-state index in [1.54, 1.807) is 12.4 Å². The van der Waals surface area contributed by atoms with Crippen LogP contribution in [-0.4, -0.2) is 19.9 Å². The zero-order valence-electron chi connectivity index (χ0n) is 22.6. The lowest BCUT2D eigenvalue weighted by Gasteiger charge is -2.14. The summed E-state index contributed by atoms with van der Waals surface area (Å²) in [6.07, 6.45) is 7.27. The highest BCUT2D eigenvalue weighted by atomic mass is 14.7. The molecule has 4 heteroatoms. The van der Waals surface area contributed by atoms with Crippen LogP contribution in [0.25, 0.3) is 77.3 Å². The molecule has 0 saturated heterocycles. The van der Waals surface area contributed by atoms with Crippen molar-refractivity contribution in [2.24, 2.45) is 0 Å². The van der Waals surface area contributed by atoms with E-state index in [2.05, 4.69) is 94.9 Å². The van der Waals surface area contributed by atoms with E-state index in [9.17, 15) is 0 Å². The average molecular weight is 537 g/mol. The molecule has 0 atom stereocenters. The van der Waals surface area contributed by atoms with Crippen LogP contribution >= 0.6 is 0 Å². The van der Waals surface area contributed by atoms with E-state index in [1.807, 2.05) is 48.8 Å². The van der Waals surface area contributed by atoms with Gasteiger partial charge in [0.1, 0.15) is 0 Å². The highest BCUT2D eigenvalue weighted by Crippen LogP contribution is 2.39. The molecule has 196 valence electrons. The molecule has 4 aromatic heterocycles. The Labute approximate surface area is 243 Å². The van der Waals surface area contributed by atoms with Gasteiger partial charge in [0, 0.05) is 47.0 Å². The summed E-state index contributed by atoms with van der Waals surface area (Å²) in [5, 5.41) is 7.32. The molecular weight excluding hydrogens is 512 g/mol. The van der Waals surface area contributed by atoms with Gasteiger partial charge in [0.25, 0.3) is 0 Å². The first-order valence-electron chi connectivity index (χ1n) is 14.0. The second kappa shape index (κ2) is 10.0. The van der Waals surface area contributed by atoms with E-state index in [4.69, 9.17) is 9.97 Å². The Hall–Kier alpha value is -5.74. The van der Waals surface area contributed by atoms with E-state index >= 15 is 0 Å². The van der Waals surface area contributed by atoms with Crippen molar-refractivity contribution in [3.63, 3.8) is 0 Å². The first kappa shape index (κ1) is 24.1. The minimum atomic E-state index is 0.908. The van der Waals surface area contributed by atoms with E-state index < -0.39 is 0 Å². The maximum Gasteiger partial charge on any atom is 0.0725 e. The average Bonchev–Trinajstić information content (AvgIpc) is 3.09. The standard InChI is InChI=1S/C38H24N4/c1-2-10-30-29(9-1)31-17-15-25(35-11-3-13-37(41-35)27-7-5-19-39-23-27)21-33(31)34-22-26(16-18-32(30)34)36-12-4-14-38(42-36)28-8-6-20-40-24-28/h1-24H. The first-order valence-corrected chi connectivity index (χ1v) is 14.0. The molecule has 8 rings (SSSR count). The molecule has 0 saturated carbocycles. The molecule has 0 spiro atoms. The van der Waals surface area contributed by atoms with Gasteiger partial charge in [0.05, 0.1) is 22.8 Å². The summed E-state index contributed by atoms with van der Waals surface area (Å²) in [6, 6.07) is 42.3. The van der Waals surface area contributed by atoms with Crippen LogP contribution < -0.4 is 0 Å². The molecule has 0 radical (unpaired) electrons. The lowest BCUT2D eigenvalue weighted by molar-refractivity contribution is 1.28. The smallest absolute Gasteiger partial charge is 0.0725 e. The van der Waals surface area contributed by atoms with Crippen molar-refractivity contribution in [3.8, 4) is 45.0 Å². The molecule has 0 aliphatic heterocycles. The highest BCUT2D eigenvalue weighted by molar-refractivity contribution is 6.26. The summed E-state index contributed by atoms with van der Waals surface area (Å²) in [7, 11) is 0. The normalized spacial score (nSPS) is 11.3. The Kier molecular flexibility index (Phi) is 5.75. The predicted octanol–water partition coefficient (Wildman–Crippen LogP) is 9.39. The van der Waals surface area contributed by atoms with Gasteiger partial charge in [-0.1, -0.05) is 60.7 Å². The molecular formula is C38H24N4. The number of hydrogen-bond donors (Lipinski definition) is 0. The topological polar surface area (TPSA) is 51.6 Å². The summed E-state index contributed by atoms with van der Waals surface area (Å²) in [6.45, 7) is 0. The lowest BCUT2D eigenvalue weighted by atomic mass is 9.91. The predicted molar refractivity (Wildman–Crippen MR) is 172 cm³/mol. The van der Waals surface area contributed by atoms with Crippen LogP contribution in [0.15, 0.2) is 146 Å². The van der Waals surface area contributed by atoms with Gasteiger partial charge >= 0.3 is 0 Å². The number of fused-ring (bicyclic) bond motifs is 6. The van der Waals surface area contributed by atoms with Crippen molar-refractivity contribution < 1.29 is 0 Å². The Morgan fingerprint density at radius 3 is 1.17 bits per heavy atom. The number of aromatic nitrogens is 4. The van der Waals surface area contributed by atoms with Crippen molar-refractivity contribution in [3.05, 3.63) is 146 Å². The fraction of sp³-hybridized carbons (Fsp3) is 0. The van der Waals surface area contributed by atoms with Crippen LogP contribution in [0.1, 0.15) is 0 Å². The van der Waals surface area contributed by atoms with Gasteiger partial charge in [-0.15, -0.1) is 0 Å². The Morgan fingerprint density at radius 2 is 0.738 bits per heavy atom. The summed E-state index contributed by atoms with van der Waals surface area (Å²) in [5.41, 5.74) is 7.84. The third-order valence-corrected chi connectivity index (χ3v) is 7.84. The minimum absolute atomic E-state index is 0.908. The first-order chi connectivity index (χ1) is 20.8. The second-order valence-corrected chi connectivity index (χ2v) is 10.4. The van der Waals surface area contributed by atoms with Gasteiger partial charge < -0.3 is 0 Å². The number of nitrogens with zero attached hydrogens (tertiary/aromatic N) is 4. The summed E-state index contributed by atoms with van der Waals surface area (Å²) < 4.78 is 0. The van der Waals surface area contributed by atoms with Gasteiger partial charge in [0.2, 0.25) is 0 Å². The number of pyridine rings is 4. The summed E-state index contributed by atoms with van der Waals surface area (Å²) in [5.74, 6) is 0. The van der Waals surface area contributed by atoms with Crippen molar-refractivity contribution in [2.75, 3.05) is 0 Å². The molecule has 0 fully saturated rings. The van der Waals surface area contributed by atoms with E-state index in [0.717, 1.165) is 45.0 Å². The summed E-state index contributed by atoms with van der Waals surface area (Å²) in [4.78, 5) is 18.6. The molecule has 0 unspecified atom stereocenters. The van der Waals surface area contributed by atoms with Gasteiger partial charge in [-0.2, -0.15) is 0 Å². The third-order valence-electron chi connectivity index (χ3n) is 7.84. The van der Waals surface area contributed by atoms with Gasteiger partial charge in [0.15, 0.2) is 0 Å². The molecule has 42 heavy (non-hydrogen) atoms. The van der Waals surface area contributed by atoms with Crippen molar-refractivity contribution >= 4 is 32.3 Å². The van der Waals surface area contributed by atoms with Crippen molar-refractivity contribution in [1.29, 1.82) is 0 Å². The molecule has 4 aromatic carbocycles. The van der Waals surface area contributed by atoms with Crippen LogP contribution in [0.3, 0.4) is 0 Å². The third kappa shape index (κ3) is 4.18. The second-order valence-electron chi connectivity index (χ2n) is 10.4. The van der Waals surface area contributed by atoms with E-state index in [0.29, 0.717) is 0 Å². The van der Waals surface area contributed by atoms with Crippen LogP contribution in [0.4, 0.5) is 0 Å². The fourth-order valence-corrected chi connectivity index (χ4v) is 5.82. The Balaban J connectivity index is 1.33. The highest BCUT2D eigenvalue weighted by Gasteiger charge is 2.13. The SMILES string of the molecule is c1cncc(-c2cccc(-c3ccc4c5ccccc5c5ccc(-c6cccc(-c7cccnc7)n6)cc5c4c3)n2)c1. The Bertz CT molecular complexity index is 2080. The van der Waals surface area contributed by atoms with Gasteiger partial charge in [-0.05, 0) is 93.0 Å². The largest absolute Gasteiger partial charge is 0.264 e. The lowest BCUT2D eigenvalue weighted by Crippen LogP contribution is -1.91. The fourth-order valence-electron chi connectivity index (χ4n) is 5.82. The molecule has 0 amide bonds. The van der Waals surface area contributed by atoms with E-state index in [-0.39, 0.29) is 0 Å². The molecule has 4 nitrogen and oxygen atoms in total. The van der Waals surface area contributed by atoms with Crippen LogP contribution in [0.5, 0.6) is 0 Å².